The molecular formula is C79H112BrN7O9S2. The first-order chi connectivity index (χ1) is 47.6. The maximum absolute atomic E-state index is 14.6. The van der Waals surface area contributed by atoms with E-state index in [1.807, 2.05) is 12.0 Å². The lowest BCUT2D eigenvalue weighted by Crippen LogP contribution is -2.56. The number of unbranched alkanes of at least 4 members (excludes halogenated alkanes) is 4. The number of methoxy groups -OCH3 is 3. The summed E-state index contributed by atoms with van der Waals surface area (Å²) in [4.78, 5) is 56.2. The molecule has 0 aromatic heterocycles. The number of carbonyl (C=O) groups is 3. The fourth-order valence-corrected chi connectivity index (χ4v) is 19.7. The molecule has 1 saturated heterocycles. The van der Waals surface area contributed by atoms with Crippen LogP contribution < -0.4 is 30.6 Å². The number of nitrogens with one attached hydrogen (secondary N) is 2. The third kappa shape index (κ3) is 14.3. The third-order valence-electron chi connectivity index (χ3n) is 24.3. The monoisotopic (exact) mass is 1450 g/mol. The minimum Gasteiger partial charge on any atom is -0.493 e. The Morgan fingerprint density at radius 1 is 0.541 bits per heavy atom. The van der Waals surface area contributed by atoms with Crippen molar-refractivity contribution in [3.05, 3.63) is 88.0 Å². The molecule has 16 nitrogen and oxygen atoms in total. The van der Waals surface area contributed by atoms with Gasteiger partial charge in [0.1, 0.15) is 17.2 Å². The van der Waals surface area contributed by atoms with Crippen LogP contribution in [0.3, 0.4) is 0 Å². The highest BCUT2D eigenvalue weighted by atomic mass is 79.9. The molecule has 4 N–H and O–H groups in total. The number of carbonyl (C=O) groups excluding carboxylic acids is 3. The van der Waals surface area contributed by atoms with Gasteiger partial charge in [-0.15, -0.1) is 0 Å². The highest BCUT2D eigenvalue weighted by Gasteiger charge is 2.69. The molecule has 15 rings (SSSR count). The molecule has 3 aliphatic heterocycles. The molecule has 12 aliphatic rings. The number of nitrogens with zero attached hydrogens (tertiary/aromatic N) is 4. The minimum absolute atomic E-state index is 0.0125. The van der Waals surface area contributed by atoms with E-state index in [1.54, 1.807) is 30.9 Å². The molecule has 6 spiro atoms. The van der Waals surface area contributed by atoms with Crippen LogP contribution in [0.15, 0.2) is 64.6 Å². The van der Waals surface area contributed by atoms with E-state index in [9.17, 15) is 14.4 Å². The fourth-order valence-electron chi connectivity index (χ4n) is 17.8. The maximum atomic E-state index is 14.6. The van der Waals surface area contributed by atoms with Gasteiger partial charge in [0.25, 0.3) is 17.7 Å². The van der Waals surface area contributed by atoms with Crippen LogP contribution in [0.5, 0.6) is 17.2 Å². The number of benzene rings is 3. The highest BCUT2D eigenvalue weighted by molar-refractivity contribution is 9.09. The lowest BCUT2D eigenvalue weighted by molar-refractivity contribution is -0.139. The molecule has 7 fully saturated rings. The van der Waals surface area contributed by atoms with Crippen molar-refractivity contribution in [1.29, 1.82) is 0 Å². The summed E-state index contributed by atoms with van der Waals surface area (Å²) in [6.45, 7) is 12.4. The van der Waals surface area contributed by atoms with Crippen LogP contribution in [0.4, 0.5) is 0 Å². The van der Waals surface area contributed by atoms with Gasteiger partial charge in [-0.3, -0.25) is 24.2 Å². The molecule has 6 saturated carbocycles. The minimum atomic E-state index is -0.919. The van der Waals surface area contributed by atoms with Crippen molar-refractivity contribution >= 4 is 73.9 Å². The predicted octanol–water partition coefficient (Wildman–Crippen LogP) is 15.1. The summed E-state index contributed by atoms with van der Waals surface area (Å²) in [7, 11) is 5.38. The third-order valence-corrected chi connectivity index (χ3v) is 26.1. The number of rotatable bonds is 23. The molecule has 3 heterocycles. The lowest BCUT2D eigenvalue weighted by atomic mass is 9.61. The van der Waals surface area contributed by atoms with Gasteiger partial charge in [0, 0.05) is 61.7 Å². The van der Waals surface area contributed by atoms with Gasteiger partial charge in [-0.2, -0.15) is 0 Å². The Kier molecular flexibility index (Phi) is 23.4. The summed E-state index contributed by atoms with van der Waals surface area (Å²) in [6.07, 6.45) is 31.5. The summed E-state index contributed by atoms with van der Waals surface area (Å²) in [5, 5.41) is 8.82. The Bertz CT molecular complexity index is 3380. The van der Waals surface area contributed by atoms with Crippen molar-refractivity contribution in [3.63, 3.8) is 0 Å². The number of halogens is 1. The van der Waals surface area contributed by atoms with Gasteiger partial charge in [-0.1, -0.05) is 99.3 Å². The molecule has 9 aliphatic carbocycles. The van der Waals surface area contributed by atoms with Crippen LogP contribution in [0, 0.1) is 34.0 Å². The number of ether oxygens (including phenoxy) is 6. The van der Waals surface area contributed by atoms with E-state index in [0.29, 0.717) is 35.4 Å². The average Bonchev–Trinajstić information content (AvgIpc) is 1.54. The second kappa shape index (κ2) is 31.4. The topological polar surface area (TPSA) is 188 Å². The first-order valence-corrected chi connectivity index (χ1v) is 40.4. The summed E-state index contributed by atoms with van der Waals surface area (Å²) in [5.74, 6) is 6.33. The van der Waals surface area contributed by atoms with Gasteiger partial charge in [-0.05, 0) is 260 Å². The number of nitrogens with two attached hydrogens (primary N) is 1. The van der Waals surface area contributed by atoms with E-state index >= 15 is 0 Å². The normalized spacial score (nSPS) is 30.8. The Labute approximate surface area is 602 Å². The fraction of sp³-hybridized carbons (Fsp3) is 0.696. The Morgan fingerprint density at radius 3 is 1.34 bits per heavy atom. The van der Waals surface area contributed by atoms with Crippen molar-refractivity contribution in [1.82, 2.24) is 20.4 Å². The number of thioether (sulfide) groups is 1. The Hall–Kier alpha value is -4.79. The van der Waals surface area contributed by atoms with Gasteiger partial charge in [-0.25, -0.2) is 9.98 Å². The number of alkyl halides is 1. The zero-order valence-electron chi connectivity index (χ0n) is 59.9. The van der Waals surface area contributed by atoms with Gasteiger partial charge in [0.2, 0.25) is 0 Å². The van der Waals surface area contributed by atoms with Crippen molar-refractivity contribution in [3.8, 4) is 17.2 Å². The maximum Gasteiger partial charge on any atom is 0.262 e. The van der Waals surface area contributed by atoms with Crippen LogP contribution in [0.2, 0.25) is 0 Å². The number of fused-ring (bicyclic) bond motifs is 9. The largest absolute Gasteiger partial charge is 0.493 e. The van der Waals surface area contributed by atoms with E-state index in [0.717, 1.165) is 211 Å². The van der Waals surface area contributed by atoms with Crippen molar-refractivity contribution in [2.24, 2.45) is 49.7 Å². The number of thiocarbonyl (C=S) groups is 1. The van der Waals surface area contributed by atoms with Crippen molar-refractivity contribution < 1.29 is 42.8 Å². The summed E-state index contributed by atoms with van der Waals surface area (Å²) < 4.78 is 35.3. The summed E-state index contributed by atoms with van der Waals surface area (Å²) in [6, 6.07) is 19.1. The number of guanidine groups is 1. The Balaban J connectivity index is 0.000000136. The lowest BCUT2D eigenvalue weighted by Gasteiger charge is -2.46. The molecule has 0 bridgehead atoms. The standard InChI is InChI=1S/C29H42N2O3S.C25H35N3O3.C21H26N2O3S.C4H9Br/c1-4-6-16-31-26(32)29(30-27(31)35-17-7-5-2)25-18-24(34-20-21-8-9-21)11-10-22(25)19-28(29)14-12-23(33-3)13-15-28;1-3-4-13-28-22(29)25(27-23(28)26)21-14-20(31-16-17-5-6-17)8-7-18(21)15-24(25)11-9-19(30-2)10-12-24;1-25-15-6-8-20(9-7-15)11-14-4-5-16(26-12-13-2-3-13)10-17(14)21(20)18(24)22-19(27)23-21;1-2-3-4-5/h10-11,18,21,23H,4-9,12-17,19-20H2,1-3H3;7-8,14,17,19H,3-6,9-13,15-16H2,1-2H3,(H2,26,27);4-5,10,13,15H,2-3,6-9,11-12H2,1H3,(H2,22,23,24,27);2-4H2,1H3. The molecule has 19 heteroatoms. The Morgan fingerprint density at radius 2 is 0.939 bits per heavy atom. The van der Waals surface area contributed by atoms with E-state index in [2.05, 4.69) is 109 Å². The second-order valence-electron chi connectivity index (χ2n) is 30.7. The molecule has 3 unspecified atom stereocenters. The first-order valence-electron chi connectivity index (χ1n) is 37.9. The zero-order valence-corrected chi connectivity index (χ0v) is 63.1. The molecule has 3 aromatic rings. The average molecular weight is 1450 g/mol. The van der Waals surface area contributed by atoms with E-state index < -0.39 is 16.6 Å². The van der Waals surface area contributed by atoms with Crippen molar-refractivity contribution in [2.75, 3.05) is 65.3 Å². The number of amidine groups is 1. The van der Waals surface area contributed by atoms with Crippen LogP contribution in [0.25, 0.3) is 0 Å². The molecule has 98 heavy (non-hydrogen) atoms. The number of amides is 3. The molecule has 0 radical (unpaired) electrons. The summed E-state index contributed by atoms with van der Waals surface area (Å²) in [5.41, 5.74) is 10.2. The highest BCUT2D eigenvalue weighted by Crippen LogP contribution is 2.65. The van der Waals surface area contributed by atoms with Gasteiger partial charge >= 0.3 is 0 Å². The van der Waals surface area contributed by atoms with E-state index in [1.165, 1.54) is 68.1 Å². The van der Waals surface area contributed by atoms with Crippen molar-refractivity contribution in [2.45, 2.75) is 249 Å². The molecular weight excluding hydrogens is 1330 g/mol. The van der Waals surface area contributed by atoms with E-state index in [-0.39, 0.29) is 52.3 Å². The van der Waals surface area contributed by atoms with Crippen LogP contribution in [-0.2, 0) is 64.5 Å². The molecule has 536 valence electrons. The molecule has 3 amide bonds. The van der Waals surface area contributed by atoms with Crippen LogP contribution >= 0.6 is 39.9 Å². The smallest absolute Gasteiger partial charge is 0.262 e. The van der Waals surface area contributed by atoms with Gasteiger partial charge < -0.3 is 44.8 Å². The van der Waals surface area contributed by atoms with Crippen LogP contribution in [0.1, 0.15) is 228 Å². The predicted molar refractivity (Wildman–Crippen MR) is 397 cm³/mol. The number of hydrogen-bond acceptors (Lipinski definition) is 14. The van der Waals surface area contributed by atoms with Gasteiger partial charge in [0.05, 0.1) is 38.1 Å². The quantitative estimate of drug-likeness (QED) is 0.0463. The second-order valence-corrected chi connectivity index (χ2v) is 33.0. The zero-order chi connectivity index (χ0) is 68.9. The molecule has 3 aromatic carbocycles. The summed E-state index contributed by atoms with van der Waals surface area (Å²) >= 11 is 10.5. The van der Waals surface area contributed by atoms with E-state index in [4.69, 9.17) is 56.4 Å². The van der Waals surface area contributed by atoms with Gasteiger partial charge in [0.15, 0.2) is 32.9 Å². The first kappa shape index (κ1) is 73.0. The number of hydrogen-bond donors (Lipinski definition) is 3. The SMILES string of the molecule is CCCCBr.CCCCN1C(=O)C2(N=C1N)c1cc(OCC3CC3)ccc1CC21CCC(OC)CC1.CCCCSC1=NC2(C(=O)N1CCCC)c1cc(OCC3CC3)ccc1CC21CCC(OC)CC1.COC1CCC2(CC1)Cc1ccc(OCC3CC3)cc1C21NC(=S)NC1=O. The molecule has 3 atom stereocenters. The number of aliphatic imine (C=N–C) groups is 2. The van der Waals surface area contributed by atoms with Crippen LogP contribution in [-0.4, -0.2) is 127 Å².